The molecular formula is C17H22ClFN2O2S. The van der Waals surface area contributed by atoms with Crippen molar-refractivity contribution in [2.45, 2.75) is 12.5 Å². The predicted octanol–water partition coefficient (Wildman–Crippen LogP) is 2.76. The van der Waals surface area contributed by atoms with Gasteiger partial charge in [-0.2, -0.15) is 11.8 Å². The third-order valence-corrected chi connectivity index (χ3v) is 5.94. The summed E-state index contributed by atoms with van der Waals surface area (Å²) in [7, 11) is 0. The molecule has 0 aliphatic carbocycles. The Morgan fingerprint density at radius 1 is 1.33 bits per heavy atom. The maximum absolute atomic E-state index is 13.3. The van der Waals surface area contributed by atoms with Crippen molar-refractivity contribution >= 4 is 29.3 Å². The second-order valence-corrected chi connectivity index (χ2v) is 7.68. The molecule has 4 nitrogen and oxygen atoms in total. The molecule has 3 rings (SSSR count). The normalized spacial score (nSPS) is 23.1. The van der Waals surface area contributed by atoms with E-state index in [0.717, 1.165) is 50.8 Å². The van der Waals surface area contributed by atoms with Gasteiger partial charge in [-0.25, -0.2) is 4.39 Å². The third-order valence-electron chi connectivity index (χ3n) is 4.43. The van der Waals surface area contributed by atoms with Crippen LogP contribution in [0.5, 0.6) is 0 Å². The topological polar surface area (TPSA) is 32.8 Å². The van der Waals surface area contributed by atoms with E-state index in [1.807, 2.05) is 16.7 Å². The minimum atomic E-state index is -0.423. The van der Waals surface area contributed by atoms with Crippen molar-refractivity contribution in [3.05, 3.63) is 34.6 Å². The maximum atomic E-state index is 13.3. The molecule has 2 aliphatic heterocycles. The fourth-order valence-corrected chi connectivity index (χ4v) is 4.45. The largest absolute Gasteiger partial charge is 0.379 e. The Labute approximate surface area is 151 Å². The molecule has 1 aromatic rings. The number of hydrogen-bond donors (Lipinski definition) is 0. The fraction of sp³-hybridized carbons (Fsp3) is 0.588. The Morgan fingerprint density at radius 3 is 2.88 bits per heavy atom. The Morgan fingerprint density at radius 2 is 2.12 bits per heavy atom. The quantitative estimate of drug-likeness (QED) is 0.816. The summed E-state index contributed by atoms with van der Waals surface area (Å²) in [6.45, 7) is 4.87. The van der Waals surface area contributed by atoms with E-state index in [0.29, 0.717) is 12.1 Å². The van der Waals surface area contributed by atoms with E-state index in [2.05, 4.69) is 4.90 Å². The summed E-state index contributed by atoms with van der Waals surface area (Å²) in [5.74, 6) is 1.45. The molecule has 1 atom stereocenters. The second kappa shape index (κ2) is 8.52. The van der Waals surface area contributed by atoms with Crippen molar-refractivity contribution in [1.29, 1.82) is 0 Å². The van der Waals surface area contributed by atoms with E-state index in [1.165, 1.54) is 18.2 Å². The van der Waals surface area contributed by atoms with E-state index in [4.69, 9.17) is 16.3 Å². The molecule has 0 spiro atoms. The Bertz CT molecular complexity index is 584. The van der Waals surface area contributed by atoms with Gasteiger partial charge in [-0.1, -0.05) is 11.6 Å². The molecule has 0 bridgehead atoms. The average Bonchev–Trinajstić information content (AvgIpc) is 2.81. The van der Waals surface area contributed by atoms with Crippen molar-refractivity contribution in [1.82, 2.24) is 9.80 Å². The predicted molar refractivity (Wildman–Crippen MR) is 95.4 cm³/mol. The van der Waals surface area contributed by atoms with Gasteiger partial charge in [-0.05, 0) is 30.4 Å². The number of nitrogens with zero attached hydrogens (tertiary/aromatic N) is 2. The summed E-state index contributed by atoms with van der Waals surface area (Å²) in [6, 6.07) is 4.13. The van der Waals surface area contributed by atoms with Gasteiger partial charge < -0.3 is 9.64 Å². The lowest BCUT2D eigenvalue weighted by Crippen LogP contribution is -2.50. The third kappa shape index (κ3) is 4.42. The van der Waals surface area contributed by atoms with Crippen LogP contribution in [0.1, 0.15) is 16.8 Å². The van der Waals surface area contributed by atoms with Crippen molar-refractivity contribution in [3.8, 4) is 0 Å². The van der Waals surface area contributed by atoms with Gasteiger partial charge in [0.05, 0.1) is 29.8 Å². The van der Waals surface area contributed by atoms with E-state index < -0.39 is 5.82 Å². The molecule has 7 heteroatoms. The van der Waals surface area contributed by atoms with Crippen LogP contribution in [0.15, 0.2) is 18.2 Å². The molecule has 1 unspecified atom stereocenters. The molecule has 2 heterocycles. The standard InChI is InChI=1S/C17H22ClFN2O2S/c18-16-10-13(19)2-3-15(16)17(22)21-4-1-9-24-12-14(21)11-20-5-7-23-8-6-20/h2-3,10,14H,1,4-9,11-12H2. The Balaban J connectivity index is 1.76. The van der Waals surface area contributed by atoms with Crippen molar-refractivity contribution in [2.24, 2.45) is 0 Å². The van der Waals surface area contributed by atoms with Crippen LogP contribution in [0.4, 0.5) is 4.39 Å². The highest BCUT2D eigenvalue weighted by Crippen LogP contribution is 2.24. The van der Waals surface area contributed by atoms with Gasteiger partial charge in [-0.15, -0.1) is 0 Å². The smallest absolute Gasteiger partial charge is 0.255 e. The first-order valence-electron chi connectivity index (χ1n) is 8.29. The molecule has 2 aliphatic rings. The number of rotatable bonds is 3. The number of thioether (sulfide) groups is 1. The highest BCUT2D eigenvalue weighted by Gasteiger charge is 2.29. The number of ether oxygens (including phenoxy) is 1. The first-order valence-corrected chi connectivity index (χ1v) is 9.82. The number of halogens is 2. The molecule has 1 amide bonds. The SMILES string of the molecule is O=C(c1ccc(F)cc1Cl)N1CCCSCC1CN1CCOCC1. The number of benzene rings is 1. The molecule has 0 saturated carbocycles. The van der Waals surface area contributed by atoms with Crippen LogP contribution >= 0.6 is 23.4 Å². The van der Waals surface area contributed by atoms with E-state index >= 15 is 0 Å². The molecule has 0 radical (unpaired) electrons. The van der Waals surface area contributed by atoms with Gasteiger partial charge in [0.2, 0.25) is 0 Å². The fourth-order valence-electron chi connectivity index (χ4n) is 3.15. The van der Waals surface area contributed by atoms with Crippen LogP contribution in [0.25, 0.3) is 0 Å². The molecular weight excluding hydrogens is 351 g/mol. The van der Waals surface area contributed by atoms with Crippen LogP contribution in [0, 0.1) is 5.82 Å². The Kier molecular flexibility index (Phi) is 6.38. The van der Waals surface area contributed by atoms with Gasteiger partial charge in [-0.3, -0.25) is 9.69 Å². The average molecular weight is 373 g/mol. The number of amides is 1. The van der Waals surface area contributed by atoms with Gasteiger partial charge in [0, 0.05) is 31.9 Å². The number of carbonyl (C=O) groups is 1. The van der Waals surface area contributed by atoms with Gasteiger partial charge in [0.25, 0.3) is 5.91 Å². The maximum Gasteiger partial charge on any atom is 0.255 e. The van der Waals surface area contributed by atoms with E-state index in [9.17, 15) is 9.18 Å². The van der Waals surface area contributed by atoms with E-state index in [1.54, 1.807) is 0 Å². The lowest BCUT2D eigenvalue weighted by atomic mass is 10.1. The van der Waals surface area contributed by atoms with Gasteiger partial charge in [0.15, 0.2) is 0 Å². The molecule has 2 fully saturated rings. The number of carbonyl (C=O) groups excluding carboxylic acids is 1. The minimum absolute atomic E-state index is 0.0965. The van der Waals surface area contributed by atoms with Crippen LogP contribution < -0.4 is 0 Å². The zero-order valence-electron chi connectivity index (χ0n) is 13.5. The second-order valence-electron chi connectivity index (χ2n) is 6.12. The molecule has 132 valence electrons. The highest BCUT2D eigenvalue weighted by molar-refractivity contribution is 7.99. The highest BCUT2D eigenvalue weighted by atomic mass is 35.5. The van der Waals surface area contributed by atoms with Crippen LogP contribution in [0.3, 0.4) is 0 Å². The number of morpholine rings is 1. The molecule has 24 heavy (non-hydrogen) atoms. The summed E-state index contributed by atoms with van der Waals surface area (Å²) >= 11 is 7.99. The lowest BCUT2D eigenvalue weighted by molar-refractivity contribution is 0.0245. The lowest BCUT2D eigenvalue weighted by Gasteiger charge is -2.35. The molecule has 1 aromatic carbocycles. The zero-order chi connectivity index (χ0) is 16.9. The monoisotopic (exact) mass is 372 g/mol. The number of hydrogen-bond acceptors (Lipinski definition) is 4. The minimum Gasteiger partial charge on any atom is -0.379 e. The summed E-state index contributed by atoms with van der Waals surface area (Å²) < 4.78 is 18.7. The molecule has 0 aromatic heterocycles. The summed E-state index contributed by atoms with van der Waals surface area (Å²) in [5.41, 5.74) is 0.386. The molecule has 2 saturated heterocycles. The summed E-state index contributed by atoms with van der Waals surface area (Å²) in [4.78, 5) is 17.3. The van der Waals surface area contributed by atoms with Crippen LogP contribution in [-0.2, 0) is 4.74 Å². The van der Waals surface area contributed by atoms with E-state index in [-0.39, 0.29) is 17.0 Å². The summed E-state index contributed by atoms with van der Waals surface area (Å²) in [5, 5.41) is 0.182. The first-order chi connectivity index (χ1) is 11.6. The van der Waals surface area contributed by atoms with Crippen molar-refractivity contribution < 1.29 is 13.9 Å². The zero-order valence-corrected chi connectivity index (χ0v) is 15.1. The van der Waals surface area contributed by atoms with Crippen molar-refractivity contribution in [2.75, 3.05) is 50.9 Å². The van der Waals surface area contributed by atoms with Gasteiger partial charge >= 0.3 is 0 Å². The summed E-state index contributed by atoms with van der Waals surface area (Å²) in [6.07, 6.45) is 0.967. The van der Waals surface area contributed by atoms with Crippen LogP contribution in [0.2, 0.25) is 5.02 Å². The molecule has 0 N–H and O–H groups in total. The first kappa shape index (κ1) is 18.0. The Hall–Kier alpha value is -0.820. The van der Waals surface area contributed by atoms with Crippen LogP contribution in [-0.4, -0.2) is 72.6 Å². The van der Waals surface area contributed by atoms with Gasteiger partial charge in [0.1, 0.15) is 5.82 Å². The van der Waals surface area contributed by atoms with Crippen molar-refractivity contribution in [3.63, 3.8) is 0 Å².